The number of carboxylic acids is 1. The van der Waals surface area contributed by atoms with Gasteiger partial charge in [0, 0.05) is 5.41 Å². The number of allylic oxidation sites excluding steroid dienone is 2. The van der Waals surface area contributed by atoms with Crippen molar-refractivity contribution in [3.8, 4) is 0 Å². The first kappa shape index (κ1) is 40.9. The number of fused-ring (bicyclic) bond motifs is 7. The van der Waals surface area contributed by atoms with Crippen LogP contribution in [0.2, 0.25) is 0 Å². The molecule has 2 heterocycles. The third kappa shape index (κ3) is 5.76. The van der Waals surface area contributed by atoms with Crippen molar-refractivity contribution in [1.82, 2.24) is 0 Å². The van der Waals surface area contributed by atoms with E-state index in [9.17, 15) is 45.6 Å². The van der Waals surface area contributed by atoms with Gasteiger partial charge in [-0.25, -0.2) is 0 Å². The van der Waals surface area contributed by atoms with E-state index in [2.05, 4.69) is 40.7 Å². The molecule has 8 N–H and O–H groups in total. The standard InChI is InChI=1S/C41H66O13/c1-20-28(45)30(47)31(48)33(52-20)54-32-29(46)23(43)18-51-34(32)53-27-11-12-37(4)24(38(27,5)19-42)10-13-39(6)25(37)9-8-21-22-16-36(2,3)14-15-41(22,35(49)50)26(44)17-40(21,39)7/h8,20,22-34,42-48H,9-19H2,1-7H3,(H,49,50)/t20-,22-,23+,24+,25+,26+,27-,28-,29-,30+,31+,32+,33-,34+,37-,38-,39+,40+,41+/m0/s1. The van der Waals surface area contributed by atoms with Gasteiger partial charge in [0.1, 0.15) is 42.0 Å². The molecule has 13 nitrogen and oxygen atoms in total. The summed E-state index contributed by atoms with van der Waals surface area (Å²) in [7, 11) is 0. The van der Waals surface area contributed by atoms with Gasteiger partial charge in [0.05, 0.1) is 31.5 Å². The SMILES string of the molecule is C[C@@H]1O[C@@H](O[C@H]2[C@@H](O[C@H]3CC[C@@]4(C)[C@@H](CC[C@]5(C)[C@@H]4CC=C4[C@@H]6CC(C)(C)CC[C@]6(C(=O)O)[C@H](O)C[C@]45C)[C@]3(C)CO)OC[C@@H](O)[C@@H]2O)[C@H](O)[C@H](O)[C@H]1O. The summed E-state index contributed by atoms with van der Waals surface area (Å²) in [6.45, 7) is 14.6. The van der Waals surface area contributed by atoms with E-state index < -0.39 is 89.7 Å². The number of aliphatic hydroxyl groups excluding tert-OH is 7. The first-order valence-corrected chi connectivity index (χ1v) is 20.3. The Labute approximate surface area is 319 Å². The Balaban J connectivity index is 1.16. The van der Waals surface area contributed by atoms with E-state index in [0.717, 1.165) is 38.5 Å². The van der Waals surface area contributed by atoms with Gasteiger partial charge in [0.2, 0.25) is 0 Å². The van der Waals surface area contributed by atoms with Crippen molar-refractivity contribution < 1.29 is 64.6 Å². The molecule has 0 amide bonds. The molecule has 2 aliphatic heterocycles. The van der Waals surface area contributed by atoms with E-state index in [-0.39, 0.29) is 47.2 Å². The number of carbonyl (C=O) groups is 1. The zero-order valence-electron chi connectivity index (χ0n) is 33.1. The van der Waals surface area contributed by atoms with Crippen LogP contribution < -0.4 is 0 Å². The predicted molar refractivity (Wildman–Crippen MR) is 193 cm³/mol. The fourth-order valence-corrected chi connectivity index (χ4v) is 13.4. The summed E-state index contributed by atoms with van der Waals surface area (Å²) < 4.78 is 24.3. The average Bonchev–Trinajstić information content (AvgIpc) is 3.10. The molecule has 308 valence electrons. The molecule has 0 unspecified atom stereocenters. The highest BCUT2D eigenvalue weighted by molar-refractivity contribution is 5.77. The van der Waals surface area contributed by atoms with Crippen molar-refractivity contribution in [2.45, 2.75) is 174 Å². The van der Waals surface area contributed by atoms with Crippen LogP contribution >= 0.6 is 0 Å². The zero-order valence-corrected chi connectivity index (χ0v) is 33.1. The van der Waals surface area contributed by atoms with Gasteiger partial charge in [0.15, 0.2) is 12.6 Å². The van der Waals surface area contributed by atoms with Crippen molar-refractivity contribution in [1.29, 1.82) is 0 Å². The Hall–Kier alpha value is -1.23. The van der Waals surface area contributed by atoms with Gasteiger partial charge < -0.3 is 59.8 Å². The van der Waals surface area contributed by atoms with Crippen LogP contribution in [-0.4, -0.2) is 128 Å². The fraction of sp³-hybridized carbons (Fsp3) is 0.927. The van der Waals surface area contributed by atoms with E-state index in [4.69, 9.17) is 18.9 Å². The predicted octanol–water partition coefficient (Wildman–Crippen LogP) is 2.49. The maximum atomic E-state index is 13.1. The summed E-state index contributed by atoms with van der Waals surface area (Å²) >= 11 is 0. The van der Waals surface area contributed by atoms with Gasteiger partial charge in [-0.2, -0.15) is 0 Å². The molecule has 6 fully saturated rings. The Morgan fingerprint density at radius 1 is 0.833 bits per heavy atom. The third-order valence-corrected chi connectivity index (χ3v) is 17.0. The first-order valence-electron chi connectivity index (χ1n) is 20.3. The molecule has 0 aromatic heterocycles. The molecule has 54 heavy (non-hydrogen) atoms. The summed E-state index contributed by atoms with van der Waals surface area (Å²) in [5.41, 5.74) is -1.62. The van der Waals surface area contributed by atoms with Gasteiger partial charge in [-0.3, -0.25) is 4.79 Å². The topological polar surface area (TPSA) is 216 Å². The first-order chi connectivity index (χ1) is 25.1. The molecular weight excluding hydrogens is 700 g/mol. The molecule has 0 spiro atoms. The summed E-state index contributed by atoms with van der Waals surface area (Å²) in [4.78, 5) is 13.1. The number of carboxylic acid groups (broad SMARTS) is 1. The van der Waals surface area contributed by atoms with E-state index in [1.165, 1.54) is 12.5 Å². The number of aliphatic carboxylic acids is 1. The normalized spacial score (nSPS) is 55.7. The molecule has 19 atom stereocenters. The van der Waals surface area contributed by atoms with Crippen LogP contribution in [0.25, 0.3) is 0 Å². The number of aliphatic hydroxyl groups is 7. The maximum Gasteiger partial charge on any atom is 0.312 e. The van der Waals surface area contributed by atoms with Gasteiger partial charge in [-0.1, -0.05) is 53.2 Å². The van der Waals surface area contributed by atoms with Crippen molar-refractivity contribution in [3.05, 3.63) is 11.6 Å². The second-order valence-electron chi connectivity index (χ2n) is 20.1. The van der Waals surface area contributed by atoms with E-state index in [1.807, 2.05) is 6.92 Å². The van der Waals surface area contributed by atoms with Crippen molar-refractivity contribution in [3.63, 3.8) is 0 Å². The number of ether oxygens (including phenoxy) is 4. The molecular formula is C41H66O13. The molecule has 7 aliphatic rings. The minimum absolute atomic E-state index is 0.0186. The lowest BCUT2D eigenvalue weighted by atomic mass is 9.33. The largest absolute Gasteiger partial charge is 0.481 e. The fourth-order valence-electron chi connectivity index (χ4n) is 13.4. The maximum absolute atomic E-state index is 13.1. The van der Waals surface area contributed by atoms with Gasteiger partial charge in [-0.15, -0.1) is 0 Å². The lowest BCUT2D eigenvalue weighted by Crippen LogP contribution is -2.68. The Morgan fingerprint density at radius 3 is 2.20 bits per heavy atom. The van der Waals surface area contributed by atoms with Crippen molar-refractivity contribution in [2.24, 2.45) is 50.2 Å². The van der Waals surface area contributed by atoms with E-state index in [1.54, 1.807) is 0 Å². The highest BCUT2D eigenvalue weighted by atomic mass is 16.8. The molecule has 5 aliphatic carbocycles. The Bertz CT molecular complexity index is 1470. The lowest BCUT2D eigenvalue weighted by Gasteiger charge is -2.71. The second kappa shape index (κ2) is 13.7. The van der Waals surface area contributed by atoms with Crippen LogP contribution in [0.4, 0.5) is 0 Å². The monoisotopic (exact) mass is 766 g/mol. The van der Waals surface area contributed by atoms with Crippen molar-refractivity contribution >= 4 is 5.97 Å². The summed E-state index contributed by atoms with van der Waals surface area (Å²) in [5.74, 6) is -0.912. The number of hydrogen-bond donors (Lipinski definition) is 8. The summed E-state index contributed by atoms with van der Waals surface area (Å²) in [5, 5.41) is 86.9. The lowest BCUT2D eigenvalue weighted by molar-refractivity contribution is -0.365. The van der Waals surface area contributed by atoms with Crippen LogP contribution in [0.1, 0.15) is 106 Å². The molecule has 2 saturated heterocycles. The number of rotatable bonds is 6. The van der Waals surface area contributed by atoms with Crippen LogP contribution in [0.15, 0.2) is 11.6 Å². The quantitative estimate of drug-likeness (QED) is 0.144. The minimum atomic E-state index is -1.64. The zero-order chi connectivity index (χ0) is 39.6. The Kier molecular flexibility index (Phi) is 10.4. The molecule has 0 aromatic rings. The van der Waals surface area contributed by atoms with Gasteiger partial charge in [-0.05, 0) is 104 Å². The highest BCUT2D eigenvalue weighted by Gasteiger charge is 2.72. The number of hydrogen-bond acceptors (Lipinski definition) is 12. The molecule has 4 saturated carbocycles. The molecule has 7 rings (SSSR count). The average molecular weight is 767 g/mol. The third-order valence-electron chi connectivity index (χ3n) is 17.0. The van der Waals surface area contributed by atoms with Gasteiger partial charge in [0.25, 0.3) is 0 Å². The smallest absolute Gasteiger partial charge is 0.312 e. The highest BCUT2D eigenvalue weighted by Crippen LogP contribution is 2.76. The van der Waals surface area contributed by atoms with Crippen LogP contribution in [0, 0.1) is 50.2 Å². The molecule has 0 aromatic carbocycles. The molecule has 0 bridgehead atoms. The minimum Gasteiger partial charge on any atom is -0.481 e. The second-order valence-corrected chi connectivity index (χ2v) is 20.1. The summed E-state index contributed by atoms with van der Waals surface area (Å²) in [6, 6.07) is 0. The molecule has 0 radical (unpaired) electrons. The van der Waals surface area contributed by atoms with Crippen molar-refractivity contribution in [2.75, 3.05) is 13.2 Å². The van der Waals surface area contributed by atoms with Crippen LogP contribution in [0.3, 0.4) is 0 Å². The summed E-state index contributed by atoms with van der Waals surface area (Å²) in [6.07, 6.45) is -5.25. The van der Waals surface area contributed by atoms with E-state index >= 15 is 0 Å². The van der Waals surface area contributed by atoms with Gasteiger partial charge >= 0.3 is 5.97 Å². The molecule has 13 heteroatoms. The van der Waals surface area contributed by atoms with Crippen LogP contribution in [0.5, 0.6) is 0 Å². The van der Waals surface area contributed by atoms with Crippen LogP contribution in [-0.2, 0) is 23.7 Å². The Morgan fingerprint density at radius 2 is 1.54 bits per heavy atom. The van der Waals surface area contributed by atoms with E-state index in [0.29, 0.717) is 19.3 Å².